The van der Waals surface area contributed by atoms with Crippen LogP contribution in [0, 0.1) is 0 Å². The van der Waals surface area contributed by atoms with Gasteiger partial charge < -0.3 is 15.0 Å². The van der Waals surface area contributed by atoms with Gasteiger partial charge in [0.1, 0.15) is 5.75 Å². The summed E-state index contributed by atoms with van der Waals surface area (Å²) in [6.45, 7) is 2.55. The van der Waals surface area contributed by atoms with Crippen LogP contribution in [-0.4, -0.2) is 51.8 Å². The Morgan fingerprint density at radius 2 is 1.86 bits per heavy atom. The predicted octanol–water partition coefficient (Wildman–Crippen LogP) is 2.32. The van der Waals surface area contributed by atoms with Gasteiger partial charge in [-0.15, -0.1) is 0 Å². The summed E-state index contributed by atoms with van der Waals surface area (Å²) >= 11 is 0. The van der Waals surface area contributed by atoms with Gasteiger partial charge in [-0.1, -0.05) is 6.92 Å². The van der Waals surface area contributed by atoms with E-state index >= 15 is 0 Å². The number of hydrogen-bond donors (Lipinski definition) is 1. The molecule has 0 fully saturated rings. The number of carbonyl (C=O) groups excluding carboxylic acids is 2. The average molecular weight is 417 g/mol. The molecule has 0 unspecified atom stereocenters. The number of benzene rings is 2. The number of ether oxygens (including phenoxy) is 1. The molecule has 2 aromatic rings. The lowest BCUT2D eigenvalue weighted by Crippen LogP contribution is -2.39. The monoisotopic (exact) mass is 417 g/mol. The molecule has 9 heteroatoms. The second-order valence-corrected chi connectivity index (χ2v) is 8.93. The van der Waals surface area contributed by atoms with Gasteiger partial charge in [0.2, 0.25) is 10.0 Å². The molecule has 0 aromatic heterocycles. The lowest BCUT2D eigenvalue weighted by atomic mass is 10.1. The number of amides is 2. The largest absolute Gasteiger partial charge is 0.482 e. The maximum absolute atomic E-state index is 12.6. The summed E-state index contributed by atoms with van der Waals surface area (Å²) in [5.41, 5.74) is 1.45. The summed E-state index contributed by atoms with van der Waals surface area (Å²) in [7, 11) is -0.662. The van der Waals surface area contributed by atoms with E-state index in [1.54, 1.807) is 23.1 Å². The minimum Gasteiger partial charge on any atom is -0.482 e. The van der Waals surface area contributed by atoms with Gasteiger partial charge in [0, 0.05) is 31.9 Å². The highest BCUT2D eigenvalue weighted by molar-refractivity contribution is 7.89. The van der Waals surface area contributed by atoms with Gasteiger partial charge >= 0.3 is 0 Å². The molecule has 1 heterocycles. The van der Waals surface area contributed by atoms with E-state index in [-0.39, 0.29) is 23.3 Å². The van der Waals surface area contributed by atoms with Crippen LogP contribution < -0.4 is 15.0 Å². The fourth-order valence-electron chi connectivity index (χ4n) is 2.94. The first-order chi connectivity index (χ1) is 13.7. The zero-order valence-corrected chi connectivity index (χ0v) is 17.3. The number of anilines is 2. The number of carbonyl (C=O) groups is 2. The van der Waals surface area contributed by atoms with Crippen LogP contribution in [0.4, 0.5) is 11.4 Å². The lowest BCUT2D eigenvalue weighted by molar-refractivity contribution is -0.121. The topological polar surface area (TPSA) is 96.0 Å². The van der Waals surface area contributed by atoms with Crippen molar-refractivity contribution in [1.82, 2.24) is 4.31 Å². The number of nitrogens with zero attached hydrogens (tertiary/aromatic N) is 2. The Morgan fingerprint density at radius 3 is 2.48 bits per heavy atom. The molecule has 29 heavy (non-hydrogen) atoms. The molecule has 0 radical (unpaired) electrons. The zero-order valence-electron chi connectivity index (χ0n) is 16.5. The summed E-state index contributed by atoms with van der Waals surface area (Å²) in [5.74, 6) is 0.0821. The summed E-state index contributed by atoms with van der Waals surface area (Å²) in [6.07, 6.45) is 0.796. The van der Waals surface area contributed by atoms with E-state index in [1.807, 2.05) is 6.92 Å². The third-order valence-electron chi connectivity index (χ3n) is 4.50. The van der Waals surface area contributed by atoms with Crippen molar-refractivity contribution in [3.8, 4) is 5.75 Å². The van der Waals surface area contributed by atoms with Crippen LogP contribution in [-0.2, 0) is 14.8 Å². The molecule has 2 amide bonds. The standard InChI is InChI=1S/C20H23N3O5S/c1-4-11-23-17-12-15(7-10-18(17)28-13-19(23)24)21-20(25)14-5-8-16(9-6-14)29(26,27)22(2)3/h5-10,12H,4,11,13H2,1-3H3,(H,21,25). The van der Waals surface area contributed by atoms with Gasteiger partial charge in [-0.05, 0) is 48.9 Å². The molecule has 2 aromatic carbocycles. The second kappa shape index (κ2) is 8.22. The van der Waals surface area contributed by atoms with Gasteiger partial charge in [-0.3, -0.25) is 9.59 Å². The molecule has 0 atom stereocenters. The molecule has 8 nitrogen and oxygen atoms in total. The zero-order chi connectivity index (χ0) is 21.2. The van der Waals surface area contributed by atoms with E-state index in [1.165, 1.54) is 38.4 Å². The summed E-state index contributed by atoms with van der Waals surface area (Å²) in [6, 6.07) is 10.8. The minimum atomic E-state index is -3.56. The minimum absolute atomic E-state index is 0.000904. The van der Waals surface area contributed by atoms with Crippen molar-refractivity contribution in [2.45, 2.75) is 18.2 Å². The number of rotatable bonds is 6. The fourth-order valence-corrected chi connectivity index (χ4v) is 3.84. The molecule has 0 saturated carbocycles. The maximum Gasteiger partial charge on any atom is 0.265 e. The van der Waals surface area contributed by atoms with Crippen molar-refractivity contribution < 1.29 is 22.7 Å². The van der Waals surface area contributed by atoms with Crippen LogP contribution >= 0.6 is 0 Å². The van der Waals surface area contributed by atoms with Crippen LogP contribution in [0.25, 0.3) is 0 Å². The van der Waals surface area contributed by atoms with Crippen molar-refractivity contribution in [1.29, 1.82) is 0 Å². The molecule has 1 N–H and O–H groups in total. The van der Waals surface area contributed by atoms with E-state index in [0.717, 1.165) is 10.7 Å². The number of nitrogens with one attached hydrogen (secondary N) is 1. The summed E-state index contributed by atoms with van der Waals surface area (Å²) < 4.78 is 30.8. The highest BCUT2D eigenvalue weighted by Gasteiger charge is 2.25. The first-order valence-electron chi connectivity index (χ1n) is 9.15. The summed E-state index contributed by atoms with van der Waals surface area (Å²) in [4.78, 5) is 26.4. The molecule has 0 bridgehead atoms. The van der Waals surface area contributed by atoms with Crippen molar-refractivity contribution in [2.75, 3.05) is 37.5 Å². The van der Waals surface area contributed by atoms with Crippen LogP contribution in [0.1, 0.15) is 23.7 Å². The second-order valence-electron chi connectivity index (χ2n) is 6.78. The molecular formula is C20H23N3O5S. The Balaban J connectivity index is 1.80. The number of hydrogen-bond acceptors (Lipinski definition) is 5. The van der Waals surface area contributed by atoms with E-state index < -0.39 is 10.0 Å². The van der Waals surface area contributed by atoms with Gasteiger partial charge in [0.25, 0.3) is 11.8 Å². The van der Waals surface area contributed by atoms with E-state index in [2.05, 4.69) is 5.32 Å². The van der Waals surface area contributed by atoms with Gasteiger partial charge in [0.05, 0.1) is 10.6 Å². The predicted molar refractivity (Wildman–Crippen MR) is 110 cm³/mol. The highest BCUT2D eigenvalue weighted by Crippen LogP contribution is 2.34. The molecule has 1 aliphatic heterocycles. The van der Waals surface area contributed by atoms with Crippen LogP contribution in [0.5, 0.6) is 5.75 Å². The smallest absolute Gasteiger partial charge is 0.265 e. The van der Waals surface area contributed by atoms with E-state index in [4.69, 9.17) is 4.74 Å². The van der Waals surface area contributed by atoms with E-state index in [0.29, 0.717) is 29.2 Å². The number of sulfonamides is 1. The SMILES string of the molecule is CCCN1C(=O)COc2ccc(NC(=O)c3ccc(S(=O)(=O)N(C)C)cc3)cc21. The van der Waals surface area contributed by atoms with Crippen LogP contribution in [0.15, 0.2) is 47.4 Å². The van der Waals surface area contributed by atoms with E-state index in [9.17, 15) is 18.0 Å². The van der Waals surface area contributed by atoms with Crippen molar-refractivity contribution >= 4 is 33.2 Å². The average Bonchev–Trinajstić information content (AvgIpc) is 2.70. The third-order valence-corrected chi connectivity index (χ3v) is 6.33. The van der Waals surface area contributed by atoms with Crippen LogP contribution in [0.3, 0.4) is 0 Å². The number of fused-ring (bicyclic) bond motifs is 1. The quantitative estimate of drug-likeness (QED) is 0.778. The Labute approximate surface area is 170 Å². The molecule has 0 spiro atoms. The first kappa shape index (κ1) is 20.8. The first-order valence-corrected chi connectivity index (χ1v) is 10.6. The van der Waals surface area contributed by atoms with Crippen molar-refractivity contribution in [2.24, 2.45) is 0 Å². The molecule has 0 aliphatic carbocycles. The molecule has 0 saturated heterocycles. The van der Waals surface area contributed by atoms with Gasteiger partial charge in [0.15, 0.2) is 6.61 Å². The maximum atomic E-state index is 12.6. The Morgan fingerprint density at radius 1 is 1.17 bits per heavy atom. The van der Waals surface area contributed by atoms with Gasteiger partial charge in [-0.25, -0.2) is 12.7 Å². The lowest BCUT2D eigenvalue weighted by Gasteiger charge is -2.29. The van der Waals surface area contributed by atoms with Crippen molar-refractivity contribution in [3.63, 3.8) is 0 Å². The molecule has 3 rings (SSSR count). The molecular weight excluding hydrogens is 394 g/mol. The Hall–Kier alpha value is -2.91. The third kappa shape index (κ3) is 4.25. The molecule has 154 valence electrons. The molecule has 1 aliphatic rings. The summed E-state index contributed by atoms with van der Waals surface area (Å²) in [5, 5.41) is 2.77. The van der Waals surface area contributed by atoms with Crippen LogP contribution in [0.2, 0.25) is 0 Å². The van der Waals surface area contributed by atoms with Crippen molar-refractivity contribution in [3.05, 3.63) is 48.0 Å². The van der Waals surface area contributed by atoms with Gasteiger partial charge in [-0.2, -0.15) is 0 Å². The highest BCUT2D eigenvalue weighted by atomic mass is 32.2. The Bertz CT molecular complexity index is 1030. The fraction of sp³-hybridized carbons (Fsp3) is 0.300. The normalized spacial score (nSPS) is 13.8. The Kier molecular flexibility index (Phi) is 5.90.